The number of piperidine rings is 1. The number of halogens is 4. The Morgan fingerprint density at radius 1 is 1.03 bits per heavy atom. The van der Waals surface area contributed by atoms with Gasteiger partial charge in [0.1, 0.15) is 5.76 Å². The fraction of sp³-hybridized carbons (Fsp3) is 0.292. The van der Waals surface area contributed by atoms with Crippen molar-refractivity contribution in [2.24, 2.45) is 0 Å². The molecule has 0 radical (unpaired) electrons. The Labute approximate surface area is 211 Å². The molecule has 1 aliphatic rings. The Balaban J connectivity index is 1.33. The van der Waals surface area contributed by atoms with E-state index in [0.717, 1.165) is 6.07 Å². The Kier molecular flexibility index (Phi) is 7.62. The molecular formula is C24H23ClF3N3O4S. The molecule has 36 heavy (non-hydrogen) atoms. The quantitative estimate of drug-likeness (QED) is 0.432. The second-order valence-corrected chi connectivity index (χ2v) is 10.6. The van der Waals surface area contributed by atoms with Crippen molar-refractivity contribution in [3.63, 3.8) is 0 Å². The molecule has 0 saturated carbocycles. The first kappa shape index (κ1) is 26.1. The molecule has 2 aromatic carbocycles. The van der Waals surface area contributed by atoms with E-state index in [1.165, 1.54) is 34.6 Å². The van der Waals surface area contributed by atoms with Gasteiger partial charge in [0.25, 0.3) is 15.9 Å². The highest BCUT2D eigenvalue weighted by Crippen LogP contribution is 2.35. The molecule has 1 aromatic heterocycles. The number of sulfonamides is 1. The molecule has 2 heterocycles. The van der Waals surface area contributed by atoms with E-state index in [1.54, 1.807) is 24.3 Å². The fourth-order valence-electron chi connectivity index (χ4n) is 3.91. The van der Waals surface area contributed by atoms with Crippen LogP contribution in [-0.2, 0) is 22.7 Å². The molecule has 192 valence electrons. The number of alkyl halides is 3. The number of carbonyl (C=O) groups excluding carboxylic acids is 1. The number of anilines is 1. The van der Waals surface area contributed by atoms with Gasteiger partial charge in [0.2, 0.25) is 5.09 Å². The second kappa shape index (κ2) is 10.5. The lowest BCUT2D eigenvalue weighted by Gasteiger charge is -2.32. The molecule has 4 rings (SSSR count). The van der Waals surface area contributed by atoms with E-state index in [4.69, 9.17) is 16.0 Å². The maximum atomic E-state index is 13.2. The molecule has 0 bridgehead atoms. The van der Waals surface area contributed by atoms with Crippen molar-refractivity contribution in [1.82, 2.24) is 9.62 Å². The summed E-state index contributed by atoms with van der Waals surface area (Å²) in [5, 5.41) is 5.79. The summed E-state index contributed by atoms with van der Waals surface area (Å²) in [6.07, 6.45) is -3.83. The minimum atomic E-state index is -4.49. The average molecular weight is 542 g/mol. The van der Waals surface area contributed by atoms with Gasteiger partial charge in [-0.2, -0.15) is 17.5 Å². The van der Waals surface area contributed by atoms with E-state index < -0.39 is 21.8 Å². The van der Waals surface area contributed by atoms with E-state index >= 15 is 0 Å². The van der Waals surface area contributed by atoms with E-state index in [9.17, 15) is 26.4 Å². The molecule has 1 aliphatic heterocycles. The normalized spacial score (nSPS) is 15.6. The number of hydrogen-bond acceptors (Lipinski definition) is 5. The van der Waals surface area contributed by atoms with Crippen LogP contribution in [0.5, 0.6) is 0 Å². The summed E-state index contributed by atoms with van der Waals surface area (Å²) in [5.74, 6) is -0.106. The van der Waals surface area contributed by atoms with Crippen LogP contribution in [0.15, 0.2) is 70.2 Å². The SMILES string of the molecule is O=C(NCc1ccc(S(=O)(=O)N2CCC(Nc3ccccc3C(F)(F)F)CC2)o1)c1ccc(Cl)cc1. The number of para-hydroxylation sites is 1. The van der Waals surface area contributed by atoms with Crippen LogP contribution in [0.1, 0.15) is 34.5 Å². The van der Waals surface area contributed by atoms with Crippen LogP contribution in [0, 0.1) is 0 Å². The Morgan fingerprint density at radius 3 is 2.36 bits per heavy atom. The van der Waals surface area contributed by atoms with Gasteiger partial charge in [0.05, 0.1) is 12.1 Å². The average Bonchev–Trinajstić information content (AvgIpc) is 3.33. The molecule has 3 aromatic rings. The van der Waals surface area contributed by atoms with Crippen molar-refractivity contribution >= 4 is 33.2 Å². The monoisotopic (exact) mass is 541 g/mol. The first-order valence-corrected chi connectivity index (χ1v) is 12.9. The summed E-state index contributed by atoms with van der Waals surface area (Å²) in [6.45, 7) is 0.233. The largest absolute Gasteiger partial charge is 0.446 e. The summed E-state index contributed by atoms with van der Waals surface area (Å²) in [6, 6.07) is 14.0. The Hall–Kier alpha value is -3.02. The van der Waals surface area contributed by atoms with E-state index in [1.807, 2.05) is 0 Å². The third-order valence-corrected chi connectivity index (χ3v) is 7.83. The molecular weight excluding hydrogens is 519 g/mol. The fourth-order valence-corrected chi connectivity index (χ4v) is 5.43. The van der Waals surface area contributed by atoms with Gasteiger partial charge in [-0.1, -0.05) is 23.7 Å². The first-order chi connectivity index (χ1) is 17.0. The lowest BCUT2D eigenvalue weighted by Crippen LogP contribution is -2.42. The number of hydrogen-bond donors (Lipinski definition) is 2. The lowest BCUT2D eigenvalue weighted by molar-refractivity contribution is -0.137. The van der Waals surface area contributed by atoms with Crippen LogP contribution in [0.4, 0.5) is 18.9 Å². The number of amides is 1. The minimum absolute atomic E-state index is 0.0123. The maximum absolute atomic E-state index is 13.2. The molecule has 7 nitrogen and oxygen atoms in total. The summed E-state index contributed by atoms with van der Waals surface area (Å²) in [4.78, 5) is 12.2. The number of benzene rings is 2. The zero-order chi connectivity index (χ0) is 25.9. The van der Waals surface area contributed by atoms with Gasteiger partial charge in [0, 0.05) is 35.4 Å². The van der Waals surface area contributed by atoms with Gasteiger partial charge in [-0.15, -0.1) is 0 Å². The van der Waals surface area contributed by atoms with Crippen molar-refractivity contribution in [2.45, 2.75) is 36.7 Å². The van der Waals surface area contributed by atoms with Crippen LogP contribution in [0.2, 0.25) is 5.02 Å². The molecule has 1 amide bonds. The summed E-state index contributed by atoms with van der Waals surface area (Å²) in [7, 11) is -3.93. The van der Waals surface area contributed by atoms with E-state index in [2.05, 4.69) is 10.6 Å². The Morgan fingerprint density at radius 2 is 1.69 bits per heavy atom. The predicted molar refractivity (Wildman–Crippen MR) is 128 cm³/mol. The van der Waals surface area contributed by atoms with Gasteiger partial charge < -0.3 is 15.1 Å². The molecule has 2 N–H and O–H groups in total. The first-order valence-electron chi connectivity index (χ1n) is 11.1. The molecule has 0 spiro atoms. The van der Waals surface area contributed by atoms with Crippen LogP contribution in [0.3, 0.4) is 0 Å². The predicted octanol–water partition coefficient (Wildman–Crippen LogP) is 5.15. The summed E-state index contributed by atoms with van der Waals surface area (Å²) >= 11 is 5.81. The van der Waals surface area contributed by atoms with Crippen LogP contribution in [-0.4, -0.2) is 37.8 Å². The Bertz CT molecular complexity index is 1320. The highest BCUT2D eigenvalue weighted by Gasteiger charge is 2.35. The van der Waals surface area contributed by atoms with Gasteiger partial charge in [-0.05, 0) is 61.4 Å². The smallest absolute Gasteiger partial charge is 0.418 e. The molecule has 12 heteroatoms. The summed E-state index contributed by atoms with van der Waals surface area (Å²) in [5.41, 5.74) is -0.387. The highest BCUT2D eigenvalue weighted by molar-refractivity contribution is 7.89. The molecule has 0 atom stereocenters. The van der Waals surface area contributed by atoms with Crippen molar-refractivity contribution in [1.29, 1.82) is 0 Å². The van der Waals surface area contributed by atoms with Gasteiger partial charge >= 0.3 is 6.18 Å². The maximum Gasteiger partial charge on any atom is 0.418 e. The number of carbonyl (C=O) groups is 1. The summed E-state index contributed by atoms with van der Waals surface area (Å²) < 4.78 is 72.5. The van der Waals surface area contributed by atoms with Crippen molar-refractivity contribution in [3.05, 3.63) is 82.6 Å². The lowest BCUT2D eigenvalue weighted by atomic mass is 10.0. The van der Waals surface area contributed by atoms with Gasteiger partial charge in [0.15, 0.2) is 0 Å². The van der Waals surface area contributed by atoms with Gasteiger partial charge in [-0.25, -0.2) is 8.42 Å². The zero-order valence-corrected chi connectivity index (χ0v) is 20.5. The van der Waals surface area contributed by atoms with E-state index in [0.29, 0.717) is 23.4 Å². The van der Waals surface area contributed by atoms with Crippen LogP contribution < -0.4 is 10.6 Å². The third-order valence-electron chi connectivity index (χ3n) is 5.81. The number of rotatable bonds is 7. The molecule has 1 fully saturated rings. The second-order valence-electron chi connectivity index (χ2n) is 8.28. The van der Waals surface area contributed by atoms with Crippen LogP contribution in [0.25, 0.3) is 0 Å². The van der Waals surface area contributed by atoms with Gasteiger partial charge in [-0.3, -0.25) is 4.79 Å². The van der Waals surface area contributed by atoms with Crippen LogP contribution >= 0.6 is 11.6 Å². The molecule has 0 unspecified atom stereocenters. The number of furan rings is 1. The standard InChI is InChI=1S/C24H23ClF3N3O4S/c25-17-7-5-16(6-8-17)23(32)29-15-19-9-10-22(35-19)36(33,34)31-13-11-18(12-14-31)30-21-4-2-1-3-20(21)24(26,27)28/h1-10,18,30H,11-15H2,(H,29,32). The van der Waals surface area contributed by atoms with Crippen molar-refractivity contribution in [3.8, 4) is 0 Å². The van der Waals surface area contributed by atoms with E-state index in [-0.39, 0.29) is 48.1 Å². The molecule has 0 aliphatic carbocycles. The highest BCUT2D eigenvalue weighted by atomic mass is 35.5. The number of nitrogens with zero attached hydrogens (tertiary/aromatic N) is 1. The topological polar surface area (TPSA) is 91.7 Å². The zero-order valence-electron chi connectivity index (χ0n) is 18.9. The molecule has 1 saturated heterocycles. The van der Waals surface area contributed by atoms with Crippen molar-refractivity contribution in [2.75, 3.05) is 18.4 Å². The number of nitrogens with one attached hydrogen (secondary N) is 2. The third kappa shape index (κ3) is 6.03. The minimum Gasteiger partial charge on any atom is -0.446 e. The van der Waals surface area contributed by atoms with Crippen molar-refractivity contribution < 1.29 is 30.8 Å².